The van der Waals surface area contributed by atoms with Crippen molar-refractivity contribution in [2.75, 3.05) is 12.4 Å². The van der Waals surface area contributed by atoms with Crippen molar-refractivity contribution in [1.29, 1.82) is 0 Å². The van der Waals surface area contributed by atoms with Crippen LogP contribution in [0.25, 0.3) is 0 Å². The predicted octanol–water partition coefficient (Wildman–Crippen LogP) is 5.86. The van der Waals surface area contributed by atoms with E-state index >= 15 is 0 Å². The molecule has 2 aromatic rings. The topological polar surface area (TPSA) is 67.4 Å². The van der Waals surface area contributed by atoms with Crippen LogP contribution in [0.1, 0.15) is 42.6 Å². The Bertz CT molecular complexity index is 1290. The number of hydrogen-bond acceptors (Lipinski definition) is 3. The Morgan fingerprint density at radius 2 is 1.59 bits per heavy atom. The van der Waals surface area contributed by atoms with Crippen LogP contribution in [0.4, 0.5) is 32.0 Å². The summed E-state index contributed by atoms with van der Waals surface area (Å²) in [5.41, 5.74) is -0.104. The highest BCUT2D eigenvalue weighted by Gasteiger charge is 2.55. The summed E-state index contributed by atoms with van der Waals surface area (Å²) >= 11 is 0. The Morgan fingerprint density at radius 3 is 2.22 bits per heavy atom. The van der Waals surface area contributed by atoms with Crippen molar-refractivity contribution in [3.05, 3.63) is 70.1 Å². The first kappa shape index (κ1) is 26.6. The third-order valence-corrected chi connectivity index (χ3v) is 7.05. The summed E-state index contributed by atoms with van der Waals surface area (Å²) in [5.74, 6) is -6.93. The molecule has 11 heteroatoms. The van der Waals surface area contributed by atoms with Gasteiger partial charge in [-0.15, -0.1) is 0 Å². The molecule has 4 atom stereocenters. The van der Waals surface area contributed by atoms with Gasteiger partial charge in [-0.1, -0.05) is 11.1 Å². The van der Waals surface area contributed by atoms with Gasteiger partial charge in [-0.2, -0.15) is 13.2 Å². The molecule has 2 aliphatic carbocycles. The first-order valence-corrected chi connectivity index (χ1v) is 11.5. The Hall–Kier alpha value is -3.50. The zero-order chi connectivity index (χ0) is 27.2. The molecule has 2 aliphatic rings. The number of benzene rings is 2. The summed E-state index contributed by atoms with van der Waals surface area (Å²) in [6, 6.07) is 2.83. The predicted molar refractivity (Wildman–Crippen MR) is 122 cm³/mol. The summed E-state index contributed by atoms with van der Waals surface area (Å²) in [6.45, 7) is 3.74. The Kier molecular flexibility index (Phi) is 7.00. The van der Waals surface area contributed by atoms with E-state index in [4.69, 9.17) is 4.74 Å². The highest BCUT2D eigenvalue weighted by atomic mass is 19.4. The molecule has 0 heterocycles. The highest BCUT2D eigenvalue weighted by molar-refractivity contribution is 5.99. The van der Waals surface area contributed by atoms with Crippen LogP contribution < -0.4 is 15.4 Å². The van der Waals surface area contributed by atoms with E-state index in [9.17, 15) is 35.9 Å². The van der Waals surface area contributed by atoms with Crippen LogP contribution >= 0.6 is 0 Å². The number of nitrogens with one attached hydrogen (secondary N) is 2. The molecular formula is C26H24F6N2O3. The monoisotopic (exact) mass is 526 g/mol. The number of amides is 2. The van der Waals surface area contributed by atoms with E-state index in [0.29, 0.717) is 31.0 Å². The molecule has 2 saturated carbocycles. The largest absolute Gasteiger partial charge is 0.496 e. The second-order valence-corrected chi connectivity index (χ2v) is 9.42. The van der Waals surface area contributed by atoms with Crippen LogP contribution in [0.15, 0.2) is 41.5 Å². The minimum Gasteiger partial charge on any atom is -0.496 e. The summed E-state index contributed by atoms with van der Waals surface area (Å²) in [4.78, 5) is 26.5. The molecule has 5 nitrogen and oxygen atoms in total. The summed E-state index contributed by atoms with van der Waals surface area (Å²) < 4.78 is 85.7. The van der Waals surface area contributed by atoms with Gasteiger partial charge >= 0.3 is 6.18 Å². The molecule has 2 N–H and O–H groups in total. The quantitative estimate of drug-likeness (QED) is 0.379. The fourth-order valence-corrected chi connectivity index (χ4v) is 5.62. The molecule has 2 amide bonds. The van der Waals surface area contributed by atoms with Gasteiger partial charge in [-0.05, 0) is 56.9 Å². The number of carbonyl (C=O) groups excluding carboxylic acids is 2. The van der Waals surface area contributed by atoms with Crippen LogP contribution in [0.5, 0.6) is 5.75 Å². The van der Waals surface area contributed by atoms with Gasteiger partial charge in [0.15, 0.2) is 11.6 Å². The molecule has 4 rings (SSSR count). The van der Waals surface area contributed by atoms with Crippen molar-refractivity contribution in [3.8, 4) is 5.75 Å². The summed E-state index contributed by atoms with van der Waals surface area (Å²) in [5, 5.41) is 5.19. The van der Waals surface area contributed by atoms with Gasteiger partial charge in [0.05, 0.1) is 24.2 Å². The third-order valence-electron chi connectivity index (χ3n) is 7.05. The SMILES string of the molecule is COc1cc(F)c(F)cc1C(=O)N[C@@H]1C2CCC(C2=C(C)C)[C@@H]1C(=O)Nc1ccc(F)c(C(F)(F)F)c1. The third kappa shape index (κ3) is 4.91. The lowest BCUT2D eigenvalue weighted by atomic mass is 9.83. The van der Waals surface area contributed by atoms with Crippen molar-refractivity contribution in [3.63, 3.8) is 0 Å². The number of ether oxygens (including phenoxy) is 1. The van der Waals surface area contributed by atoms with Gasteiger partial charge in [-0.3, -0.25) is 9.59 Å². The number of rotatable bonds is 5. The molecule has 2 aromatic carbocycles. The molecule has 2 bridgehead atoms. The normalized spacial score (nSPS) is 22.7. The molecule has 0 spiro atoms. The van der Waals surface area contributed by atoms with Gasteiger partial charge in [0.2, 0.25) is 5.91 Å². The number of allylic oxidation sites excluding steroid dienone is 1. The van der Waals surface area contributed by atoms with Crippen molar-refractivity contribution in [1.82, 2.24) is 5.32 Å². The lowest BCUT2D eigenvalue weighted by Crippen LogP contribution is -2.48. The Morgan fingerprint density at radius 1 is 0.946 bits per heavy atom. The highest BCUT2D eigenvalue weighted by Crippen LogP contribution is 2.54. The summed E-state index contributed by atoms with van der Waals surface area (Å²) in [7, 11) is 1.19. The van der Waals surface area contributed by atoms with Gasteiger partial charge in [-0.25, -0.2) is 13.2 Å². The Balaban J connectivity index is 1.65. The van der Waals surface area contributed by atoms with Crippen LogP contribution in [-0.2, 0) is 11.0 Å². The number of methoxy groups -OCH3 is 1. The zero-order valence-electron chi connectivity index (χ0n) is 20.1. The average molecular weight is 526 g/mol. The Labute approximate surface area is 208 Å². The van der Waals surface area contributed by atoms with E-state index in [2.05, 4.69) is 10.6 Å². The lowest BCUT2D eigenvalue weighted by molar-refractivity contribution is -0.140. The molecule has 0 saturated heterocycles. The minimum atomic E-state index is -4.95. The fourth-order valence-electron chi connectivity index (χ4n) is 5.62. The maximum absolute atomic E-state index is 13.9. The second-order valence-electron chi connectivity index (χ2n) is 9.42. The van der Waals surface area contributed by atoms with E-state index < -0.39 is 53.0 Å². The first-order chi connectivity index (χ1) is 17.3. The molecule has 2 unspecified atom stereocenters. The smallest absolute Gasteiger partial charge is 0.419 e. The number of carbonyl (C=O) groups is 2. The maximum Gasteiger partial charge on any atom is 0.419 e. The van der Waals surface area contributed by atoms with E-state index in [1.54, 1.807) is 0 Å². The van der Waals surface area contributed by atoms with Gasteiger partial charge < -0.3 is 15.4 Å². The van der Waals surface area contributed by atoms with Gasteiger partial charge in [0.1, 0.15) is 11.6 Å². The molecule has 0 aromatic heterocycles. The molecule has 0 aliphatic heterocycles. The van der Waals surface area contributed by atoms with E-state index in [-0.39, 0.29) is 28.8 Å². The van der Waals surface area contributed by atoms with Crippen molar-refractivity contribution < 1.29 is 40.7 Å². The molecule has 0 radical (unpaired) electrons. The first-order valence-electron chi connectivity index (χ1n) is 11.5. The second kappa shape index (κ2) is 9.75. The molecule has 37 heavy (non-hydrogen) atoms. The van der Waals surface area contributed by atoms with Crippen LogP contribution in [0.3, 0.4) is 0 Å². The van der Waals surface area contributed by atoms with Gasteiger partial charge in [0.25, 0.3) is 5.91 Å². The molecule has 2 fully saturated rings. The van der Waals surface area contributed by atoms with Gasteiger partial charge in [0, 0.05) is 23.7 Å². The number of alkyl halides is 3. The summed E-state index contributed by atoms with van der Waals surface area (Å²) in [6.07, 6.45) is -3.67. The number of fused-ring (bicyclic) bond motifs is 2. The standard InChI is InChI=1S/C26H24F6N2O3/c1-11(2)21-13-5-6-14(21)23(34-24(35)15-9-18(28)19(29)10-20(15)37-3)22(13)25(36)33-12-4-7-17(27)16(8-12)26(30,31)32/h4,7-10,13-14,22-23H,5-6H2,1-3H3,(H,33,36)(H,34,35)/t13?,14?,22-,23+/m0/s1. The fraction of sp³-hybridized carbons (Fsp3) is 0.385. The van der Waals surface area contributed by atoms with Crippen molar-refractivity contribution in [2.24, 2.45) is 17.8 Å². The van der Waals surface area contributed by atoms with Crippen LogP contribution in [0, 0.1) is 35.2 Å². The number of anilines is 1. The van der Waals surface area contributed by atoms with Crippen molar-refractivity contribution in [2.45, 2.75) is 38.9 Å². The van der Waals surface area contributed by atoms with Crippen LogP contribution in [0.2, 0.25) is 0 Å². The van der Waals surface area contributed by atoms with E-state index in [1.165, 1.54) is 7.11 Å². The van der Waals surface area contributed by atoms with E-state index in [0.717, 1.165) is 23.3 Å². The maximum atomic E-state index is 13.9. The zero-order valence-corrected chi connectivity index (χ0v) is 20.1. The average Bonchev–Trinajstić information content (AvgIpc) is 3.37. The lowest BCUT2D eigenvalue weighted by Gasteiger charge is -2.30. The minimum absolute atomic E-state index is 0.200. The van der Waals surface area contributed by atoms with E-state index in [1.807, 2.05) is 13.8 Å². The van der Waals surface area contributed by atoms with Crippen molar-refractivity contribution >= 4 is 17.5 Å². The van der Waals surface area contributed by atoms with Crippen LogP contribution in [-0.4, -0.2) is 25.0 Å². The molecular weight excluding hydrogens is 502 g/mol. The molecule has 198 valence electrons. The number of hydrogen-bond donors (Lipinski definition) is 2. The number of halogens is 6.